The zero-order chi connectivity index (χ0) is 19.2. The molecular formula is C20H29N3O4. The van der Waals surface area contributed by atoms with Gasteiger partial charge in [-0.3, -0.25) is 25.3 Å². The maximum atomic E-state index is 11.9. The molecule has 1 saturated heterocycles. The second-order valence-electron chi connectivity index (χ2n) is 7.44. The highest BCUT2D eigenvalue weighted by molar-refractivity contribution is 5.82. The molecule has 0 spiro atoms. The molecule has 1 aromatic carbocycles. The summed E-state index contributed by atoms with van der Waals surface area (Å²) in [4.78, 5) is 26.0. The van der Waals surface area contributed by atoms with Crippen LogP contribution in [0.25, 0.3) is 0 Å². The van der Waals surface area contributed by atoms with Crippen molar-refractivity contribution < 1.29 is 19.1 Å². The molecule has 7 heteroatoms. The fraction of sp³-hybridized carbons (Fsp3) is 0.600. The number of aryl methyl sites for hydroxylation is 2. The summed E-state index contributed by atoms with van der Waals surface area (Å²) in [6, 6.07) is 5.95. The van der Waals surface area contributed by atoms with Gasteiger partial charge in [0.05, 0.1) is 12.2 Å². The topological polar surface area (TPSA) is 79.9 Å². The normalized spacial score (nSPS) is 22.1. The quantitative estimate of drug-likeness (QED) is 0.731. The molecule has 3 rings (SSSR count). The van der Waals surface area contributed by atoms with E-state index < -0.39 is 0 Å². The zero-order valence-electron chi connectivity index (χ0n) is 16.1. The van der Waals surface area contributed by atoms with Gasteiger partial charge in [0.2, 0.25) is 5.91 Å². The van der Waals surface area contributed by atoms with Crippen molar-refractivity contribution in [3.05, 3.63) is 29.3 Å². The van der Waals surface area contributed by atoms with Crippen molar-refractivity contribution in [1.29, 1.82) is 0 Å². The van der Waals surface area contributed by atoms with Crippen molar-refractivity contribution in [3.63, 3.8) is 0 Å². The molecule has 27 heavy (non-hydrogen) atoms. The summed E-state index contributed by atoms with van der Waals surface area (Å²) in [5.41, 5.74) is 7.51. The molecule has 2 amide bonds. The Morgan fingerprint density at radius 1 is 1.11 bits per heavy atom. The lowest BCUT2D eigenvalue weighted by molar-refractivity contribution is -0.130. The van der Waals surface area contributed by atoms with Crippen LogP contribution in [0.2, 0.25) is 0 Å². The Bertz CT molecular complexity index is 669. The molecule has 0 saturated carbocycles. The van der Waals surface area contributed by atoms with Crippen molar-refractivity contribution in [3.8, 4) is 5.75 Å². The third-order valence-electron chi connectivity index (χ3n) is 4.93. The lowest BCUT2D eigenvalue weighted by atomic mass is 10.1. The molecule has 1 fully saturated rings. The Balaban J connectivity index is 1.32. The molecule has 0 bridgehead atoms. The van der Waals surface area contributed by atoms with Gasteiger partial charge >= 0.3 is 0 Å². The van der Waals surface area contributed by atoms with Crippen LogP contribution in [0.3, 0.4) is 0 Å². The first-order chi connectivity index (χ1) is 13.0. The molecule has 1 heterocycles. The van der Waals surface area contributed by atoms with Crippen LogP contribution >= 0.6 is 0 Å². The highest BCUT2D eigenvalue weighted by atomic mass is 16.5. The maximum absolute atomic E-state index is 11.9. The number of morpholine rings is 1. The third kappa shape index (κ3) is 5.94. The summed E-state index contributed by atoms with van der Waals surface area (Å²) < 4.78 is 11.2. The number of hydrazine groups is 1. The number of hydrogen-bond donors (Lipinski definition) is 2. The Kier molecular flexibility index (Phi) is 6.68. The number of nitrogens with zero attached hydrogens (tertiary/aromatic N) is 1. The molecule has 7 nitrogen and oxygen atoms in total. The highest BCUT2D eigenvalue weighted by Crippen LogP contribution is 2.25. The van der Waals surface area contributed by atoms with E-state index in [1.165, 1.54) is 17.5 Å². The molecule has 1 aliphatic carbocycles. The monoisotopic (exact) mass is 375 g/mol. The average molecular weight is 375 g/mol. The largest absolute Gasteiger partial charge is 0.484 e. The first-order valence-electron chi connectivity index (χ1n) is 9.69. The predicted octanol–water partition coefficient (Wildman–Crippen LogP) is 1.20. The summed E-state index contributed by atoms with van der Waals surface area (Å²) in [6.45, 7) is 6.22. The van der Waals surface area contributed by atoms with E-state index in [0.29, 0.717) is 18.7 Å². The molecule has 0 radical (unpaired) electrons. The Labute approximate surface area is 160 Å². The molecule has 1 aliphatic heterocycles. The Hall–Kier alpha value is -2.12. The first-order valence-corrected chi connectivity index (χ1v) is 9.69. The Morgan fingerprint density at radius 3 is 2.59 bits per heavy atom. The van der Waals surface area contributed by atoms with Crippen molar-refractivity contribution >= 4 is 11.8 Å². The fourth-order valence-electron chi connectivity index (χ4n) is 3.75. The summed E-state index contributed by atoms with van der Waals surface area (Å²) in [7, 11) is 0. The highest BCUT2D eigenvalue weighted by Gasteiger charge is 2.22. The standard InChI is InChI=1S/C20H29N3O4/c1-14-11-23(12-15(2)27-14)9-8-19(24)21-22-20(25)13-26-18-7-6-16-4-3-5-17(16)10-18/h6-7,10,14-15H,3-5,8-9,11-13H2,1-2H3,(H,21,24)(H,22,25)/t14-,15+. The van der Waals surface area contributed by atoms with Gasteiger partial charge in [-0.05, 0) is 56.4 Å². The van der Waals surface area contributed by atoms with Gasteiger partial charge in [-0.25, -0.2) is 0 Å². The lowest BCUT2D eigenvalue weighted by Crippen LogP contribution is -2.48. The number of carbonyl (C=O) groups excluding carboxylic acids is 2. The number of benzene rings is 1. The van der Waals surface area contributed by atoms with Gasteiger partial charge in [0.1, 0.15) is 5.75 Å². The number of ether oxygens (including phenoxy) is 2. The number of nitrogens with one attached hydrogen (secondary N) is 2. The van der Waals surface area contributed by atoms with E-state index in [0.717, 1.165) is 25.9 Å². The van der Waals surface area contributed by atoms with Gasteiger partial charge in [-0.1, -0.05) is 6.07 Å². The molecule has 2 N–H and O–H groups in total. The summed E-state index contributed by atoms with van der Waals surface area (Å²) >= 11 is 0. The number of carbonyl (C=O) groups is 2. The van der Waals surface area contributed by atoms with E-state index in [1.807, 2.05) is 26.0 Å². The van der Waals surface area contributed by atoms with Crippen molar-refractivity contribution in [2.45, 2.75) is 51.7 Å². The molecule has 0 unspecified atom stereocenters. The van der Waals surface area contributed by atoms with Crippen LogP contribution in [0.15, 0.2) is 18.2 Å². The van der Waals surface area contributed by atoms with E-state index in [4.69, 9.17) is 9.47 Å². The van der Waals surface area contributed by atoms with Crippen LogP contribution in [0.5, 0.6) is 5.75 Å². The van der Waals surface area contributed by atoms with Gasteiger partial charge in [0.25, 0.3) is 5.91 Å². The van der Waals surface area contributed by atoms with Crippen LogP contribution in [-0.4, -0.2) is 55.2 Å². The summed E-state index contributed by atoms with van der Waals surface area (Å²) in [6.07, 6.45) is 4.03. The zero-order valence-corrected chi connectivity index (χ0v) is 16.1. The molecule has 1 aromatic rings. The number of fused-ring (bicyclic) bond motifs is 1. The number of amides is 2. The van der Waals surface area contributed by atoms with Crippen LogP contribution in [0, 0.1) is 0 Å². The van der Waals surface area contributed by atoms with E-state index in [-0.39, 0.29) is 30.6 Å². The van der Waals surface area contributed by atoms with Gasteiger partial charge < -0.3 is 9.47 Å². The smallest absolute Gasteiger partial charge is 0.276 e. The maximum Gasteiger partial charge on any atom is 0.276 e. The van der Waals surface area contributed by atoms with Gasteiger partial charge in [-0.2, -0.15) is 0 Å². The molecule has 2 aliphatic rings. The van der Waals surface area contributed by atoms with Crippen LogP contribution < -0.4 is 15.6 Å². The van der Waals surface area contributed by atoms with Crippen molar-refractivity contribution in [2.75, 3.05) is 26.2 Å². The summed E-state index contributed by atoms with van der Waals surface area (Å²) in [5, 5.41) is 0. The molecule has 0 aromatic heterocycles. The number of rotatable bonds is 6. The second-order valence-corrected chi connectivity index (χ2v) is 7.44. The Morgan fingerprint density at radius 2 is 1.81 bits per heavy atom. The van der Waals surface area contributed by atoms with Gasteiger partial charge in [-0.15, -0.1) is 0 Å². The predicted molar refractivity (Wildman–Crippen MR) is 101 cm³/mol. The molecule has 148 valence electrons. The third-order valence-corrected chi connectivity index (χ3v) is 4.93. The SMILES string of the molecule is C[C@@H]1CN(CCC(=O)NNC(=O)COc2ccc3c(c2)CCC3)C[C@H](C)O1. The first kappa shape index (κ1) is 19.6. The van der Waals surface area contributed by atoms with E-state index in [9.17, 15) is 9.59 Å². The second kappa shape index (κ2) is 9.19. The van der Waals surface area contributed by atoms with Crippen LogP contribution in [0.1, 0.15) is 37.8 Å². The minimum atomic E-state index is -0.377. The minimum Gasteiger partial charge on any atom is -0.484 e. The average Bonchev–Trinajstić information content (AvgIpc) is 3.10. The van der Waals surface area contributed by atoms with Gasteiger partial charge in [0, 0.05) is 26.1 Å². The van der Waals surface area contributed by atoms with Crippen molar-refractivity contribution in [1.82, 2.24) is 15.8 Å². The van der Waals surface area contributed by atoms with E-state index in [2.05, 4.69) is 21.8 Å². The fourth-order valence-corrected chi connectivity index (χ4v) is 3.75. The van der Waals surface area contributed by atoms with E-state index >= 15 is 0 Å². The summed E-state index contributed by atoms with van der Waals surface area (Å²) in [5.74, 6) is 0.0952. The van der Waals surface area contributed by atoms with Crippen molar-refractivity contribution in [2.24, 2.45) is 0 Å². The van der Waals surface area contributed by atoms with E-state index in [1.54, 1.807) is 0 Å². The molecule has 2 atom stereocenters. The lowest BCUT2D eigenvalue weighted by Gasteiger charge is -2.35. The van der Waals surface area contributed by atoms with Gasteiger partial charge in [0.15, 0.2) is 6.61 Å². The number of hydrogen-bond acceptors (Lipinski definition) is 5. The molecular weight excluding hydrogens is 346 g/mol. The minimum absolute atomic E-state index is 0.127. The van der Waals surface area contributed by atoms with Crippen LogP contribution in [0.4, 0.5) is 0 Å². The van der Waals surface area contributed by atoms with Crippen LogP contribution in [-0.2, 0) is 27.2 Å².